The molecule has 2 aromatic carbocycles. The summed E-state index contributed by atoms with van der Waals surface area (Å²) in [4.78, 5) is 23.8. The number of fused-ring (bicyclic) bond motifs is 1. The normalized spacial score (nSPS) is 10.6. The third kappa shape index (κ3) is 2.74. The van der Waals surface area contributed by atoms with Crippen molar-refractivity contribution in [2.45, 2.75) is 0 Å². The average molecular weight is 326 g/mol. The molecule has 0 unspecified atom stereocenters. The van der Waals surface area contributed by atoms with Crippen molar-refractivity contribution >= 4 is 28.5 Å². The minimum absolute atomic E-state index is 0.340. The van der Waals surface area contributed by atoms with Crippen molar-refractivity contribution in [2.24, 2.45) is 7.05 Å². The van der Waals surface area contributed by atoms with E-state index in [0.29, 0.717) is 27.8 Å². The van der Waals surface area contributed by atoms with E-state index >= 15 is 0 Å². The topological polar surface area (TPSA) is 60.3 Å². The molecule has 0 aliphatic rings. The lowest BCUT2D eigenvalue weighted by Gasteiger charge is -2.07. The van der Waals surface area contributed by atoms with Crippen molar-refractivity contribution in [2.75, 3.05) is 12.4 Å². The van der Waals surface area contributed by atoms with Crippen molar-refractivity contribution < 1.29 is 18.7 Å². The summed E-state index contributed by atoms with van der Waals surface area (Å²) in [6, 6.07) is 12.7. The summed E-state index contributed by atoms with van der Waals surface area (Å²) < 4.78 is 20.0. The van der Waals surface area contributed by atoms with Crippen LogP contribution in [0.1, 0.15) is 20.8 Å². The molecule has 0 spiro atoms. The van der Waals surface area contributed by atoms with Gasteiger partial charge < -0.3 is 14.6 Å². The predicted octanol–water partition coefficient (Wildman–Crippen LogP) is 3.36. The molecular weight excluding hydrogens is 311 g/mol. The van der Waals surface area contributed by atoms with Gasteiger partial charge in [0.2, 0.25) is 0 Å². The number of carbonyl (C=O) groups excluding carboxylic acids is 2. The summed E-state index contributed by atoms with van der Waals surface area (Å²) in [7, 11) is 2.94. The number of nitrogens with zero attached hydrogens (tertiary/aromatic N) is 1. The maximum absolute atomic E-state index is 13.9. The number of halogens is 1. The number of para-hydroxylation sites is 1. The highest BCUT2D eigenvalue weighted by Crippen LogP contribution is 2.22. The maximum Gasteiger partial charge on any atom is 0.337 e. The zero-order valence-electron chi connectivity index (χ0n) is 13.2. The molecule has 0 radical (unpaired) electrons. The monoisotopic (exact) mass is 326 g/mol. The minimum Gasteiger partial charge on any atom is -0.465 e. The standard InChI is InChI=1S/C18H15FN2O3/c1-21-15(10-12-4-3-5-14(19)16(12)21)17(22)20-13-8-6-11(7-9-13)18(23)24-2/h3-10H,1-2H3,(H,20,22). The van der Waals surface area contributed by atoms with Gasteiger partial charge >= 0.3 is 5.97 Å². The highest BCUT2D eigenvalue weighted by molar-refractivity contribution is 6.06. The predicted molar refractivity (Wildman–Crippen MR) is 88.6 cm³/mol. The fourth-order valence-electron chi connectivity index (χ4n) is 2.59. The van der Waals surface area contributed by atoms with Crippen LogP contribution in [0.15, 0.2) is 48.5 Å². The van der Waals surface area contributed by atoms with Gasteiger partial charge in [0, 0.05) is 18.1 Å². The van der Waals surface area contributed by atoms with Gasteiger partial charge in [0.05, 0.1) is 18.2 Å². The number of rotatable bonds is 3. The van der Waals surface area contributed by atoms with Gasteiger partial charge in [-0.05, 0) is 36.4 Å². The molecule has 0 bridgehead atoms. The maximum atomic E-state index is 13.9. The van der Waals surface area contributed by atoms with E-state index < -0.39 is 5.97 Å². The summed E-state index contributed by atoms with van der Waals surface area (Å²) in [5, 5.41) is 3.39. The molecule has 6 heteroatoms. The van der Waals surface area contributed by atoms with Crippen molar-refractivity contribution in [3.63, 3.8) is 0 Å². The van der Waals surface area contributed by atoms with Crippen LogP contribution in [-0.2, 0) is 11.8 Å². The minimum atomic E-state index is -0.447. The molecule has 0 saturated heterocycles. The van der Waals surface area contributed by atoms with E-state index in [4.69, 9.17) is 0 Å². The summed E-state index contributed by atoms with van der Waals surface area (Å²) in [5.74, 6) is -1.19. The van der Waals surface area contributed by atoms with Crippen molar-refractivity contribution in [1.29, 1.82) is 0 Å². The van der Waals surface area contributed by atoms with E-state index in [1.165, 1.54) is 17.7 Å². The Kier molecular flexibility index (Phi) is 4.04. The number of anilines is 1. The quantitative estimate of drug-likeness (QED) is 0.751. The molecule has 3 aromatic rings. The van der Waals surface area contributed by atoms with Crippen molar-refractivity contribution in [1.82, 2.24) is 4.57 Å². The number of nitrogens with one attached hydrogen (secondary N) is 1. The number of carbonyl (C=O) groups is 2. The second-order valence-electron chi connectivity index (χ2n) is 5.29. The fourth-order valence-corrected chi connectivity index (χ4v) is 2.59. The Morgan fingerprint density at radius 2 is 1.83 bits per heavy atom. The SMILES string of the molecule is COC(=O)c1ccc(NC(=O)c2cc3cccc(F)c3n2C)cc1. The average Bonchev–Trinajstić information content (AvgIpc) is 2.93. The third-order valence-electron chi connectivity index (χ3n) is 3.80. The molecule has 0 aliphatic heterocycles. The lowest BCUT2D eigenvalue weighted by molar-refractivity contribution is 0.0600. The Morgan fingerprint density at radius 1 is 1.12 bits per heavy atom. The van der Waals surface area contributed by atoms with Gasteiger partial charge in [-0.2, -0.15) is 0 Å². The van der Waals surface area contributed by atoms with Crippen LogP contribution in [0.25, 0.3) is 10.9 Å². The van der Waals surface area contributed by atoms with Crippen LogP contribution in [0.4, 0.5) is 10.1 Å². The van der Waals surface area contributed by atoms with Crippen LogP contribution >= 0.6 is 0 Å². The molecule has 3 rings (SSSR count). The number of ether oxygens (including phenoxy) is 1. The van der Waals surface area contributed by atoms with Crippen molar-refractivity contribution in [3.8, 4) is 0 Å². The molecule has 0 saturated carbocycles. The number of hydrogen-bond acceptors (Lipinski definition) is 3. The highest BCUT2D eigenvalue weighted by atomic mass is 19.1. The van der Waals surface area contributed by atoms with Gasteiger partial charge in [0.15, 0.2) is 0 Å². The van der Waals surface area contributed by atoms with E-state index in [1.54, 1.807) is 49.5 Å². The lowest BCUT2D eigenvalue weighted by Crippen LogP contribution is -2.15. The number of amides is 1. The molecule has 0 aliphatic carbocycles. The Bertz CT molecular complexity index is 929. The van der Waals surface area contributed by atoms with Crippen LogP contribution in [0.2, 0.25) is 0 Å². The highest BCUT2D eigenvalue weighted by Gasteiger charge is 2.16. The number of aryl methyl sites for hydroxylation is 1. The number of methoxy groups -OCH3 is 1. The van der Waals surface area contributed by atoms with Crippen LogP contribution in [0, 0.1) is 5.82 Å². The van der Waals surface area contributed by atoms with Crippen LogP contribution in [0.5, 0.6) is 0 Å². The molecule has 1 aromatic heterocycles. The first-order valence-corrected chi connectivity index (χ1v) is 7.25. The number of benzene rings is 2. The van der Waals surface area contributed by atoms with E-state index in [9.17, 15) is 14.0 Å². The summed E-state index contributed by atoms with van der Waals surface area (Å²) >= 11 is 0. The molecule has 24 heavy (non-hydrogen) atoms. The van der Waals surface area contributed by atoms with Gasteiger partial charge in [-0.3, -0.25) is 4.79 Å². The van der Waals surface area contributed by atoms with Gasteiger partial charge in [-0.15, -0.1) is 0 Å². The molecule has 0 fully saturated rings. The largest absolute Gasteiger partial charge is 0.465 e. The zero-order valence-corrected chi connectivity index (χ0v) is 13.2. The first-order valence-electron chi connectivity index (χ1n) is 7.25. The van der Waals surface area contributed by atoms with E-state index in [2.05, 4.69) is 10.1 Å². The van der Waals surface area contributed by atoms with Gasteiger partial charge in [-0.1, -0.05) is 12.1 Å². The molecule has 1 N–H and O–H groups in total. The van der Waals surface area contributed by atoms with Gasteiger partial charge in [0.25, 0.3) is 5.91 Å². The smallest absolute Gasteiger partial charge is 0.337 e. The third-order valence-corrected chi connectivity index (χ3v) is 3.80. The Hall–Kier alpha value is -3.15. The second-order valence-corrected chi connectivity index (χ2v) is 5.29. The van der Waals surface area contributed by atoms with E-state index in [-0.39, 0.29) is 11.7 Å². The Morgan fingerprint density at radius 3 is 2.46 bits per heavy atom. The fraction of sp³-hybridized carbons (Fsp3) is 0.111. The van der Waals surface area contributed by atoms with Gasteiger partial charge in [0.1, 0.15) is 11.5 Å². The first-order chi connectivity index (χ1) is 11.5. The van der Waals surface area contributed by atoms with Crippen LogP contribution in [-0.4, -0.2) is 23.6 Å². The van der Waals surface area contributed by atoms with Crippen LogP contribution in [0.3, 0.4) is 0 Å². The molecule has 0 atom stereocenters. The molecule has 1 heterocycles. The Balaban J connectivity index is 1.86. The van der Waals surface area contributed by atoms with E-state index in [0.717, 1.165) is 0 Å². The van der Waals surface area contributed by atoms with Crippen LogP contribution < -0.4 is 5.32 Å². The number of aromatic nitrogens is 1. The number of esters is 1. The molecule has 122 valence electrons. The van der Waals surface area contributed by atoms with E-state index in [1.807, 2.05) is 0 Å². The zero-order chi connectivity index (χ0) is 17.3. The summed E-state index contributed by atoms with van der Waals surface area (Å²) in [5.41, 5.74) is 1.64. The van der Waals surface area contributed by atoms with Crippen molar-refractivity contribution in [3.05, 3.63) is 65.6 Å². The van der Waals surface area contributed by atoms with Gasteiger partial charge in [-0.25, -0.2) is 9.18 Å². The summed E-state index contributed by atoms with van der Waals surface area (Å²) in [6.07, 6.45) is 0. The first kappa shape index (κ1) is 15.7. The molecular formula is C18H15FN2O3. The number of hydrogen-bond donors (Lipinski definition) is 1. The summed E-state index contributed by atoms with van der Waals surface area (Å²) in [6.45, 7) is 0. The Labute approximate surface area is 137 Å². The second kappa shape index (κ2) is 6.16. The molecule has 1 amide bonds. The lowest BCUT2D eigenvalue weighted by atomic mass is 10.2. The molecule has 5 nitrogen and oxygen atoms in total.